The van der Waals surface area contributed by atoms with E-state index in [1.54, 1.807) is 23.1 Å². The van der Waals surface area contributed by atoms with Gasteiger partial charge in [0.15, 0.2) is 5.17 Å². The van der Waals surface area contributed by atoms with E-state index in [1.807, 2.05) is 38.1 Å². The SMILES string of the molecule is CCOc1ccccc1C=C1SC(=Nc2cccc(C(=O)O)c2)N(CC)C1=O. The van der Waals surface area contributed by atoms with Crippen LogP contribution in [-0.2, 0) is 4.79 Å². The summed E-state index contributed by atoms with van der Waals surface area (Å²) in [5, 5.41) is 9.67. The Balaban J connectivity index is 1.95. The van der Waals surface area contributed by atoms with Crippen LogP contribution in [0.5, 0.6) is 5.75 Å². The van der Waals surface area contributed by atoms with Gasteiger partial charge in [0, 0.05) is 12.1 Å². The van der Waals surface area contributed by atoms with Crippen molar-refractivity contribution in [3.05, 3.63) is 64.6 Å². The van der Waals surface area contributed by atoms with Crippen LogP contribution in [0.1, 0.15) is 29.8 Å². The summed E-state index contributed by atoms with van der Waals surface area (Å²) in [6.07, 6.45) is 1.80. The molecular weight excluding hydrogens is 376 g/mol. The molecule has 1 fully saturated rings. The minimum absolute atomic E-state index is 0.132. The van der Waals surface area contributed by atoms with Gasteiger partial charge in [0.25, 0.3) is 5.91 Å². The predicted molar refractivity (Wildman–Crippen MR) is 111 cm³/mol. The number of rotatable bonds is 6. The van der Waals surface area contributed by atoms with Gasteiger partial charge < -0.3 is 9.84 Å². The predicted octanol–water partition coefficient (Wildman–Crippen LogP) is 4.41. The Morgan fingerprint density at radius 1 is 1.21 bits per heavy atom. The number of hydrogen-bond donors (Lipinski definition) is 1. The Kier molecular flexibility index (Phi) is 6.16. The summed E-state index contributed by atoms with van der Waals surface area (Å²) < 4.78 is 5.63. The molecule has 0 aromatic heterocycles. The van der Waals surface area contributed by atoms with Gasteiger partial charge >= 0.3 is 5.97 Å². The number of carbonyl (C=O) groups excluding carboxylic acids is 1. The number of carboxylic acid groups (broad SMARTS) is 1. The monoisotopic (exact) mass is 396 g/mol. The van der Waals surface area contributed by atoms with Gasteiger partial charge in [-0.05, 0) is 56.0 Å². The summed E-state index contributed by atoms with van der Waals surface area (Å²) in [6.45, 7) is 4.79. The van der Waals surface area contributed by atoms with Crippen molar-refractivity contribution in [3.63, 3.8) is 0 Å². The molecule has 1 heterocycles. The van der Waals surface area contributed by atoms with Crippen molar-refractivity contribution in [2.75, 3.05) is 13.2 Å². The fourth-order valence-electron chi connectivity index (χ4n) is 2.72. The Morgan fingerprint density at radius 3 is 2.71 bits per heavy atom. The summed E-state index contributed by atoms with van der Waals surface area (Å²) in [4.78, 5) is 30.6. The lowest BCUT2D eigenvalue weighted by Crippen LogP contribution is -2.28. The summed E-state index contributed by atoms with van der Waals surface area (Å²) in [5.41, 5.74) is 1.47. The van der Waals surface area contributed by atoms with Gasteiger partial charge in [0.1, 0.15) is 5.75 Å². The second kappa shape index (κ2) is 8.75. The first-order chi connectivity index (χ1) is 13.5. The lowest BCUT2D eigenvalue weighted by Gasteiger charge is -2.12. The van der Waals surface area contributed by atoms with Gasteiger partial charge in [-0.25, -0.2) is 9.79 Å². The molecule has 1 aliphatic heterocycles. The molecule has 0 bridgehead atoms. The van der Waals surface area contributed by atoms with Crippen molar-refractivity contribution < 1.29 is 19.4 Å². The largest absolute Gasteiger partial charge is 0.493 e. The molecule has 2 aromatic rings. The van der Waals surface area contributed by atoms with Crippen molar-refractivity contribution in [3.8, 4) is 5.75 Å². The van der Waals surface area contributed by atoms with Gasteiger partial charge in [-0.15, -0.1) is 0 Å². The summed E-state index contributed by atoms with van der Waals surface area (Å²) in [7, 11) is 0. The van der Waals surface area contributed by atoms with Crippen LogP contribution in [0.4, 0.5) is 5.69 Å². The molecule has 28 heavy (non-hydrogen) atoms. The molecule has 0 atom stereocenters. The van der Waals surface area contributed by atoms with Crippen LogP contribution in [0, 0.1) is 0 Å². The third kappa shape index (κ3) is 4.26. The van der Waals surface area contributed by atoms with E-state index in [0.29, 0.717) is 34.7 Å². The minimum Gasteiger partial charge on any atom is -0.493 e. The quantitative estimate of drug-likeness (QED) is 0.732. The Labute approximate surface area is 167 Å². The van der Waals surface area contributed by atoms with Gasteiger partial charge in [-0.2, -0.15) is 0 Å². The third-order valence-electron chi connectivity index (χ3n) is 4.03. The number of amidine groups is 1. The number of carbonyl (C=O) groups is 2. The maximum Gasteiger partial charge on any atom is 0.335 e. The number of ether oxygens (including phenoxy) is 1. The molecule has 1 N–H and O–H groups in total. The van der Waals surface area contributed by atoms with Crippen LogP contribution >= 0.6 is 11.8 Å². The van der Waals surface area contributed by atoms with Gasteiger partial charge in [0.05, 0.1) is 22.8 Å². The van der Waals surface area contributed by atoms with Crippen LogP contribution < -0.4 is 4.74 Å². The first-order valence-corrected chi connectivity index (χ1v) is 9.70. The molecule has 1 amide bonds. The molecule has 3 rings (SSSR count). The highest BCUT2D eigenvalue weighted by molar-refractivity contribution is 8.18. The zero-order chi connectivity index (χ0) is 20.1. The first-order valence-electron chi connectivity index (χ1n) is 8.88. The minimum atomic E-state index is -1.02. The number of aromatic carboxylic acids is 1. The lowest BCUT2D eigenvalue weighted by atomic mass is 10.2. The molecule has 144 valence electrons. The van der Waals surface area contributed by atoms with E-state index in [1.165, 1.54) is 23.9 Å². The number of amides is 1. The second-order valence-corrected chi connectivity index (χ2v) is 6.89. The Morgan fingerprint density at radius 2 is 2.00 bits per heavy atom. The molecule has 0 aliphatic carbocycles. The van der Waals surface area contributed by atoms with Crippen molar-refractivity contribution in [2.24, 2.45) is 4.99 Å². The van der Waals surface area contributed by atoms with Gasteiger partial charge in [-0.3, -0.25) is 9.69 Å². The number of aliphatic imine (C=N–C) groups is 1. The fraction of sp³-hybridized carbons (Fsp3) is 0.190. The summed E-state index contributed by atoms with van der Waals surface area (Å²) in [5.74, 6) is -0.432. The van der Waals surface area contributed by atoms with Gasteiger partial charge in [-0.1, -0.05) is 24.3 Å². The smallest absolute Gasteiger partial charge is 0.335 e. The molecule has 7 heteroatoms. The van der Waals surface area contributed by atoms with Crippen LogP contribution in [0.3, 0.4) is 0 Å². The maximum absolute atomic E-state index is 12.8. The molecular formula is C21H20N2O4S. The van der Waals surface area contributed by atoms with E-state index in [4.69, 9.17) is 9.84 Å². The molecule has 0 saturated carbocycles. The molecule has 0 unspecified atom stereocenters. The number of hydrogen-bond acceptors (Lipinski definition) is 5. The van der Waals surface area contributed by atoms with E-state index in [-0.39, 0.29) is 11.5 Å². The van der Waals surface area contributed by atoms with E-state index in [2.05, 4.69) is 4.99 Å². The van der Waals surface area contributed by atoms with Crippen LogP contribution in [0.2, 0.25) is 0 Å². The molecule has 2 aromatic carbocycles. The highest BCUT2D eigenvalue weighted by Gasteiger charge is 2.32. The summed E-state index contributed by atoms with van der Waals surface area (Å²) >= 11 is 1.27. The topological polar surface area (TPSA) is 79.2 Å². The zero-order valence-corrected chi connectivity index (χ0v) is 16.4. The van der Waals surface area contributed by atoms with Crippen LogP contribution in [0.25, 0.3) is 6.08 Å². The van der Waals surface area contributed by atoms with E-state index >= 15 is 0 Å². The van der Waals surface area contributed by atoms with Crippen molar-refractivity contribution in [1.29, 1.82) is 0 Å². The molecule has 1 aliphatic rings. The number of para-hydroxylation sites is 1. The van der Waals surface area contributed by atoms with E-state index in [9.17, 15) is 9.59 Å². The van der Waals surface area contributed by atoms with E-state index in [0.717, 1.165) is 5.56 Å². The normalized spacial score (nSPS) is 16.8. The number of benzene rings is 2. The summed E-state index contributed by atoms with van der Waals surface area (Å²) in [6, 6.07) is 13.9. The molecule has 0 spiro atoms. The Hall–Kier alpha value is -3.06. The average Bonchev–Trinajstić information content (AvgIpc) is 2.98. The number of thioether (sulfide) groups is 1. The van der Waals surface area contributed by atoms with E-state index < -0.39 is 5.97 Å². The number of likely N-dealkylation sites (N-methyl/N-ethyl adjacent to an activating group) is 1. The first kappa shape index (κ1) is 19.7. The van der Waals surface area contributed by atoms with Crippen LogP contribution in [-0.4, -0.2) is 40.2 Å². The maximum atomic E-state index is 12.8. The average molecular weight is 396 g/mol. The molecule has 6 nitrogen and oxygen atoms in total. The molecule has 0 radical (unpaired) electrons. The number of nitrogens with zero attached hydrogens (tertiary/aromatic N) is 2. The fourth-order valence-corrected chi connectivity index (χ4v) is 3.77. The van der Waals surface area contributed by atoms with Crippen molar-refractivity contribution in [1.82, 2.24) is 4.90 Å². The Bertz CT molecular complexity index is 968. The number of carboxylic acids is 1. The zero-order valence-electron chi connectivity index (χ0n) is 15.6. The van der Waals surface area contributed by atoms with Crippen molar-refractivity contribution >= 4 is 40.6 Å². The highest BCUT2D eigenvalue weighted by Crippen LogP contribution is 2.35. The third-order valence-corrected chi connectivity index (χ3v) is 5.03. The highest BCUT2D eigenvalue weighted by atomic mass is 32.2. The second-order valence-electron chi connectivity index (χ2n) is 5.88. The van der Waals surface area contributed by atoms with Crippen LogP contribution in [0.15, 0.2) is 58.4 Å². The molecule has 1 saturated heterocycles. The van der Waals surface area contributed by atoms with Gasteiger partial charge in [0.2, 0.25) is 0 Å². The lowest BCUT2D eigenvalue weighted by molar-refractivity contribution is -0.122. The van der Waals surface area contributed by atoms with Crippen molar-refractivity contribution in [2.45, 2.75) is 13.8 Å². The standard InChI is InChI=1S/C21H20N2O4S/c1-3-23-19(24)18(13-14-8-5-6-11-17(14)27-4-2)28-21(23)22-16-10-7-9-15(12-16)20(25)26/h5-13H,3-4H2,1-2H3,(H,25,26).